The Morgan fingerprint density at radius 2 is 2.05 bits per heavy atom. The van der Waals surface area contributed by atoms with Crippen molar-refractivity contribution in [3.63, 3.8) is 0 Å². The van der Waals surface area contributed by atoms with E-state index in [1.807, 2.05) is 12.1 Å². The Labute approximate surface area is 154 Å². The van der Waals surface area contributed by atoms with Crippen LogP contribution in [0.5, 0.6) is 0 Å². The van der Waals surface area contributed by atoms with Crippen molar-refractivity contribution in [3.8, 4) is 0 Å². The van der Waals surface area contributed by atoms with Crippen LogP contribution in [0.2, 0.25) is 0 Å². The van der Waals surface area contributed by atoms with Gasteiger partial charge in [0.2, 0.25) is 0 Å². The van der Waals surface area contributed by atoms with Gasteiger partial charge in [0.25, 0.3) is 0 Å². The van der Waals surface area contributed by atoms with Gasteiger partial charge in [-0.3, -0.25) is 4.99 Å². The highest BCUT2D eigenvalue weighted by Crippen LogP contribution is 2.17. The molecular formula is C16H25FIN3S. The van der Waals surface area contributed by atoms with Crippen LogP contribution in [0.4, 0.5) is 4.39 Å². The zero-order valence-electron chi connectivity index (χ0n) is 13.0. The van der Waals surface area contributed by atoms with Crippen LogP contribution >= 0.6 is 35.7 Å². The largest absolute Gasteiger partial charge is 0.356 e. The van der Waals surface area contributed by atoms with Crippen molar-refractivity contribution in [3.05, 3.63) is 35.6 Å². The van der Waals surface area contributed by atoms with E-state index in [-0.39, 0.29) is 29.8 Å². The Kier molecular flexibility index (Phi) is 9.86. The number of thioether (sulfide) groups is 1. The lowest BCUT2D eigenvalue weighted by molar-refractivity contribution is 0.615. The second-order valence-corrected chi connectivity index (χ2v) is 6.37. The first-order chi connectivity index (χ1) is 10.3. The molecule has 22 heavy (non-hydrogen) atoms. The molecule has 3 nitrogen and oxygen atoms in total. The van der Waals surface area contributed by atoms with Gasteiger partial charge in [0.1, 0.15) is 5.82 Å². The predicted molar refractivity (Wildman–Crippen MR) is 105 cm³/mol. The van der Waals surface area contributed by atoms with Gasteiger partial charge in [-0.2, -0.15) is 11.8 Å². The molecule has 2 rings (SSSR count). The molecule has 0 aromatic heterocycles. The quantitative estimate of drug-likeness (QED) is 0.308. The molecule has 0 saturated heterocycles. The Morgan fingerprint density at radius 1 is 1.32 bits per heavy atom. The summed E-state index contributed by atoms with van der Waals surface area (Å²) in [5.74, 6) is 2.41. The van der Waals surface area contributed by atoms with Gasteiger partial charge in [0.05, 0.1) is 0 Å². The third kappa shape index (κ3) is 6.73. The predicted octanol–water partition coefficient (Wildman–Crippen LogP) is 3.78. The van der Waals surface area contributed by atoms with Gasteiger partial charge in [-0.25, -0.2) is 4.39 Å². The van der Waals surface area contributed by atoms with E-state index in [1.165, 1.54) is 31.7 Å². The van der Waals surface area contributed by atoms with Crippen molar-refractivity contribution in [1.82, 2.24) is 10.6 Å². The summed E-state index contributed by atoms with van der Waals surface area (Å²) < 4.78 is 13.5. The maximum absolute atomic E-state index is 13.5. The highest BCUT2D eigenvalue weighted by molar-refractivity contribution is 14.0. The SMILES string of the molecule is CN=C(NCCSCc1ccccc1F)NC1CCCC1.I. The fraction of sp³-hybridized carbons (Fsp3) is 0.562. The van der Waals surface area contributed by atoms with E-state index >= 15 is 0 Å². The van der Waals surface area contributed by atoms with Crippen molar-refractivity contribution in [2.45, 2.75) is 37.5 Å². The molecule has 2 N–H and O–H groups in total. The van der Waals surface area contributed by atoms with Crippen molar-refractivity contribution >= 4 is 41.7 Å². The zero-order valence-corrected chi connectivity index (χ0v) is 16.1. The van der Waals surface area contributed by atoms with E-state index in [4.69, 9.17) is 0 Å². The van der Waals surface area contributed by atoms with E-state index in [9.17, 15) is 4.39 Å². The average Bonchev–Trinajstić information content (AvgIpc) is 3.00. The summed E-state index contributed by atoms with van der Waals surface area (Å²) in [6.07, 6.45) is 5.10. The molecule has 0 heterocycles. The maximum atomic E-state index is 13.5. The minimum Gasteiger partial charge on any atom is -0.356 e. The highest BCUT2D eigenvalue weighted by Gasteiger charge is 2.15. The number of benzene rings is 1. The summed E-state index contributed by atoms with van der Waals surface area (Å²) in [6, 6.07) is 7.54. The summed E-state index contributed by atoms with van der Waals surface area (Å²) >= 11 is 1.73. The number of rotatable bonds is 6. The van der Waals surface area contributed by atoms with Gasteiger partial charge in [-0.15, -0.1) is 24.0 Å². The molecule has 1 aromatic rings. The van der Waals surface area contributed by atoms with Gasteiger partial charge in [-0.1, -0.05) is 31.0 Å². The van der Waals surface area contributed by atoms with Crippen LogP contribution in [0.25, 0.3) is 0 Å². The monoisotopic (exact) mass is 437 g/mol. The molecule has 0 atom stereocenters. The molecular weight excluding hydrogens is 412 g/mol. The minimum atomic E-state index is -0.114. The molecule has 1 aliphatic carbocycles. The summed E-state index contributed by atoms with van der Waals surface area (Å²) in [6.45, 7) is 0.839. The first kappa shape index (κ1) is 19.5. The summed E-state index contributed by atoms with van der Waals surface area (Å²) in [4.78, 5) is 4.25. The van der Waals surface area contributed by atoms with Gasteiger partial charge in [0, 0.05) is 31.1 Å². The lowest BCUT2D eigenvalue weighted by Gasteiger charge is -2.16. The molecule has 0 amide bonds. The normalized spacial score (nSPS) is 15.5. The van der Waals surface area contributed by atoms with E-state index in [0.717, 1.165) is 23.8 Å². The van der Waals surface area contributed by atoms with Crippen molar-refractivity contribution < 1.29 is 4.39 Å². The third-order valence-electron chi connectivity index (χ3n) is 3.67. The lowest BCUT2D eigenvalue weighted by Crippen LogP contribution is -2.43. The fourth-order valence-electron chi connectivity index (χ4n) is 2.50. The Balaban J connectivity index is 0.00000242. The number of nitrogens with zero attached hydrogens (tertiary/aromatic N) is 1. The molecule has 0 spiro atoms. The molecule has 6 heteroatoms. The second-order valence-electron chi connectivity index (χ2n) is 5.27. The highest BCUT2D eigenvalue weighted by atomic mass is 127. The average molecular weight is 437 g/mol. The Bertz CT molecular complexity index is 464. The van der Waals surface area contributed by atoms with Crippen LogP contribution in [-0.4, -0.2) is 31.3 Å². The first-order valence-electron chi connectivity index (χ1n) is 7.58. The summed E-state index contributed by atoms with van der Waals surface area (Å²) in [7, 11) is 1.80. The zero-order chi connectivity index (χ0) is 14.9. The Morgan fingerprint density at radius 3 is 2.73 bits per heavy atom. The number of aliphatic imine (C=N–C) groups is 1. The fourth-order valence-corrected chi connectivity index (χ4v) is 3.34. The smallest absolute Gasteiger partial charge is 0.191 e. The number of hydrogen-bond acceptors (Lipinski definition) is 2. The second kappa shape index (κ2) is 11.1. The van der Waals surface area contributed by atoms with Gasteiger partial charge in [-0.05, 0) is 24.5 Å². The maximum Gasteiger partial charge on any atom is 0.191 e. The standard InChI is InChI=1S/C16H24FN3S.HI/c1-18-16(20-14-7-3-4-8-14)19-10-11-21-12-13-6-2-5-9-15(13)17;/h2,5-6,9,14H,3-4,7-8,10-12H2,1H3,(H2,18,19,20);1H. The van der Waals surface area contributed by atoms with E-state index < -0.39 is 0 Å². The number of guanidine groups is 1. The molecule has 0 aliphatic heterocycles. The number of hydrogen-bond donors (Lipinski definition) is 2. The summed E-state index contributed by atoms with van der Waals surface area (Å²) in [5.41, 5.74) is 0.774. The van der Waals surface area contributed by atoms with E-state index in [0.29, 0.717) is 11.8 Å². The molecule has 1 saturated carbocycles. The van der Waals surface area contributed by atoms with Crippen molar-refractivity contribution in [2.24, 2.45) is 4.99 Å². The van der Waals surface area contributed by atoms with E-state index in [1.54, 1.807) is 24.9 Å². The van der Waals surface area contributed by atoms with Gasteiger partial charge >= 0.3 is 0 Å². The van der Waals surface area contributed by atoms with Crippen molar-refractivity contribution in [1.29, 1.82) is 0 Å². The topological polar surface area (TPSA) is 36.4 Å². The van der Waals surface area contributed by atoms with Gasteiger partial charge < -0.3 is 10.6 Å². The van der Waals surface area contributed by atoms with Crippen LogP contribution in [0.1, 0.15) is 31.2 Å². The van der Waals surface area contributed by atoms with Gasteiger partial charge in [0.15, 0.2) is 5.96 Å². The third-order valence-corrected chi connectivity index (χ3v) is 4.68. The van der Waals surface area contributed by atoms with Crippen LogP contribution in [0, 0.1) is 5.82 Å². The molecule has 1 aliphatic rings. The van der Waals surface area contributed by atoms with Crippen LogP contribution < -0.4 is 10.6 Å². The lowest BCUT2D eigenvalue weighted by atomic mass is 10.2. The summed E-state index contributed by atoms with van der Waals surface area (Å²) in [5, 5.41) is 6.77. The van der Waals surface area contributed by atoms with Crippen LogP contribution in [-0.2, 0) is 5.75 Å². The first-order valence-corrected chi connectivity index (χ1v) is 8.73. The number of halogens is 2. The van der Waals surface area contributed by atoms with Crippen molar-refractivity contribution in [2.75, 3.05) is 19.3 Å². The minimum absolute atomic E-state index is 0. The van der Waals surface area contributed by atoms with E-state index in [2.05, 4.69) is 15.6 Å². The Hall–Kier alpha value is -0.500. The van der Waals surface area contributed by atoms with Crippen LogP contribution in [0.15, 0.2) is 29.3 Å². The molecule has 0 bridgehead atoms. The number of nitrogens with one attached hydrogen (secondary N) is 2. The molecule has 1 aromatic carbocycles. The molecule has 0 unspecified atom stereocenters. The molecule has 124 valence electrons. The van der Waals surface area contributed by atoms with Crippen LogP contribution in [0.3, 0.4) is 0 Å². The molecule has 1 fully saturated rings. The molecule has 0 radical (unpaired) electrons.